The van der Waals surface area contributed by atoms with E-state index in [4.69, 9.17) is 4.74 Å². The van der Waals surface area contributed by atoms with Crippen LogP contribution in [-0.4, -0.2) is 38.9 Å². The zero-order valence-corrected chi connectivity index (χ0v) is 23.3. The molecule has 0 N–H and O–H groups in total. The fraction of sp³-hybridized carbons (Fsp3) is 0.571. The van der Waals surface area contributed by atoms with Gasteiger partial charge in [-0.2, -0.15) is 0 Å². The SMILES string of the molecule is CC(C)C[C@@]1(C(=O)OC(C)(C)C)C[C@H](C(=O)[O-])[C@H](c2nccs2)N1C(=O)c1ccc(C(C)(C)C)cc1. The molecule has 1 saturated heterocycles. The zero-order chi connectivity index (χ0) is 27.1. The van der Waals surface area contributed by atoms with Gasteiger partial charge in [-0.3, -0.25) is 4.79 Å². The first-order valence-corrected chi connectivity index (χ1v) is 13.2. The maximum absolute atomic E-state index is 14.2. The van der Waals surface area contributed by atoms with Gasteiger partial charge in [-0.15, -0.1) is 11.3 Å². The van der Waals surface area contributed by atoms with Crippen molar-refractivity contribution in [2.75, 3.05) is 0 Å². The summed E-state index contributed by atoms with van der Waals surface area (Å²) in [6.45, 7) is 15.4. The first-order chi connectivity index (χ1) is 16.6. The zero-order valence-electron chi connectivity index (χ0n) is 22.5. The highest BCUT2D eigenvalue weighted by Gasteiger charge is 2.61. The molecule has 0 radical (unpaired) electrons. The molecule has 1 aromatic carbocycles. The van der Waals surface area contributed by atoms with E-state index in [9.17, 15) is 19.5 Å². The van der Waals surface area contributed by atoms with Crippen molar-refractivity contribution in [2.24, 2.45) is 11.8 Å². The van der Waals surface area contributed by atoms with Crippen molar-refractivity contribution >= 4 is 29.2 Å². The van der Waals surface area contributed by atoms with E-state index in [-0.39, 0.29) is 24.2 Å². The molecule has 0 unspecified atom stereocenters. The quantitative estimate of drug-likeness (QED) is 0.527. The van der Waals surface area contributed by atoms with Gasteiger partial charge in [-0.1, -0.05) is 46.8 Å². The van der Waals surface area contributed by atoms with Crippen LogP contribution in [0.2, 0.25) is 0 Å². The Morgan fingerprint density at radius 1 is 1.14 bits per heavy atom. The Balaban J connectivity index is 2.23. The second-order valence-corrected chi connectivity index (χ2v) is 13.0. The Hall–Kier alpha value is -2.74. The number of thiazole rings is 1. The summed E-state index contributed by atoms with van der Waals surface area (Å²) in [4.78, 5) is 46.3. The van der Waals surface area contributed by atoms with Crippen molar-refractivity contribution < 1.29 is 24.2 Å². The highest BCUT2D eigenvalue weighted by Crippen LogP contribution is 2.51. The summed E-state index contributed by atoms with van der Waals surface area (Å²) in [6.07, 6.45) is 1.72. The molecule has 0 saturated carbocycles. The van der Waals surface area contributed by atoms with Crippen LogP contribution in [0, 0.1) is 11.8 Å². The molecular formula is C28H37N2O5S-. The number of nitrogens with zero attached hydrogens (tertiary/aromatic N) is 2. The predicted molar refractivity (Wildman–Crippen MR) is 137 cm³/mol. The number of hydrogen-bond acceptors (Lipinski definition) is 7. The summed E-state index contributed by atoms with van der Waals surface area (Å²) in [5.41, 5.74) is -0.968. The molecule has 1 aliphatic rings. The van der Waals surface area contributed by atoms with Crippen molar-refractivity contribution in [1.82, 2.24) is 9.88 Å². The lowest BCUT2D eigenvalue weighted by atomic mass is 9.83. The molecule has 8 heteroatoms. The third-order valence-electron chi connectivity index (χ3n) is 6.43. The number of ether oxygens (including phenoxy) is 1. The number of likely N-dealkylation sites (tertiary alicyclic amines) is 1. The minimum Gasteiger partial charge on any atom is -0.550 e. The second kappa shape index (κ2) is 9.96. The Morgan fingerprint density at radius 3 is 2.19 bits per heavy atom. The molecule has 2 aromatic rings. The van der Waals surface area contributed by atoms with Gasteiger partial charge in [-0.25, -0.2) is 9.78 Å². The topological polar surface area (TPSA) is 99.6 Å². The third kappa shape index (κ3) is 5.64. The summed E-state index contributed by atoms with van der Waals surface area (Å²) in [6, 6.07) is 6.33. The highest BCUT2D eigenvalue weighted by molar-refractivity contribution is 7.09. The smallest absolute Gasteiger partial charge is 0.332 e. The van der Waals surface area contributed by atoms with E-state index in [0.717, 1.165) is 5.56 Å². The van der Waals surface area contributed by atoms with Crippen molar-refractivity contribution in [3.8, 4) is 0 Å². The normalized spacial score (nSPS) is 22.6. The van der Waals surface area contributed by atoms with Gasteiger partial charge < -0.3 is 19.5 Å². The molecule has 7 nitrogen and oxygen atoms in total. The number of esters is 1. The Labute approximate surface area is 217 Å². The van der Waals surface area contributed by atoms with Crippen molar-refractivity contribution in [3.63, 3.8) is 0 Å². The summed E-state index contributed by atoms with van der Waals surface area (Å²) in [5, 5.41) is 14.6. The van der Waals surface area contributed by atoms with Gasteiger partial charge in [0.25, 0.3) is 5.91 Å². The van der Waals surface area contributed by atoms with Crippen LogP contribution in [0.25, 0.3) is 0 Å². The van der Waals surface area contributed by atoms with Crippen molar-refractivity contribution in [2.45, 2.75) is 90.8 Å². The molecule has 2 heterocycles. The number of carbonyl (C=O) groups excluding carboxylic acids is 3. The first-order valence-electron chi connectivity index (χ1n) is 12.3. The molecule has 3 atom stereocenters. The predicted octanol–water partition coefficient (Wildman–Crippen LogP) is 4.52. The van der Waals surface area contributed by atoms with Gasteiger partial charge in [0.1, 0.15) is 16.1 Å². The molecule has 1 aliphatic heterocycles. The Morgan fingerprint density at radius 2 is 1.75 bits per heavy atom. The minimum atomic E-state index is -1.48. The van der Waals surface area contributed by atoms with Crippen LogP contribution in [0.15, 0.2) is 35.8 Å². The van der Waals surface area contributed by atoms with Crippen molar-refractivity contribution in [3.05, 3.63) is 52.0 Å². The van der Waals surface area contributed by atoms with E-state index in [0.29, 0.717) is 10.6 Å². The maximum atomic E-state index is 14.2. The van der Waals surface area contributed by atoms with Gasteiger partial charge in [0.15, 0.2) is 0 Å². The summed E-state index contributed by atoms with van der Waals surface area (Å²) < 4.78 is 5.84. The number of carbonyl (C=O) groups is 3. The lowest BCUT2D eigenvalue weighted by molar-refractivity contribution is -0.312. The molecule has 0 aliphatic carbocycles. The van der Waals surface area contributed by atoms with E-state index in [2.05, 4.69) is 25.8 Å². The van der Waals surface area contributed by atoms with Gasteiger partial charge in [0.05, 0.1) is 6.04 Å². The van der Waals surface area contributed by atoms with E-state index in [1.165, 1.54) is 16.2 Å². The van der Waals surface area contributed by atoms with Crippen molar-refractivity contribution in [1.29, 1.82) is 0 Å². The third-order valence-corrected chi connectivity index (χ3v) is 7.27. The number of carboxylic acid groups (broad SMARTS) is 1. The fourth-order valence-electron chi connectivity index (χ4n) is 4.96. The molecule has 1 aromatic heterocycles. The number of carboxylic acids is 1. The van der Waals surface area contributed by atoms with Crippen LogP contribution in [0.4, 0.5) is 0 Å². The van der Waals surface area contributed by atoms with Gasteiger partial charge in [0.2, 0.25) is 0 Å². The number of aromatic nitrogens is 1. The largest absolute Gasteiger partial charge is 0.550 e. The maximum Gasteiger partial charge on any atom is 0.332 e. The average Bonchev–Trinajstić information content (AvgIpc) is 3.37. The second-order valence-electron chi connectivity index (χ2n) is 12.1. The summed E-state index contributed by atoms with van der Waals surface area (Å²) in [7, 11) is 0. The summed E-state index contributed by atoms with van der Waals surface area (Å²) >= 11 is 1.26. The molecule has 196 valence electrons. The van der Waals surface area contributed by atoms with Crippen LogP contribution < -0.4 is 5.11 Å². The van der Waals surface area contributed by atoms with E-state index < -0.39 is 40.9 Å². The minimum absolute atomic E-state index is 0.0199. The Kier molecular flexibility index (Phi) is 7.70. The number of benzene rings is 1. The molecule has 36 heavy (non-hydrogen) atoms. The molecular weight excluding hydrogens is 476 g/mol. The lowest BCUT2D eigenvalue weighted by Crippen LogP contribution is -2.56. The van der Waals surface area contributed by atoms with Crippen LogP contribution in [0.1, 0.15) is 95.2 Å². The monoisotopic (exact) mass is 513 g/mol. The van der Waals surface area contributed by atoms with E-state index >= 15 is 0 Å². The number of hydrogen-bond donors (Lipinski definition) is 0. The van der Waals surface area contributed by atoms with Gasteiger partial charge in [0, 0.05) is 29.0 Å². The molecule has 3 rings (SSSR count). The first kappa shape index (κ1) is 27.8. The standard InChI is InChI=1S/C28H38N2O5S/c1-17(2)15-28(25(34)35-27(6,7)8)16-20(24(32)33)21(22-29-13-14-36-22)30(28)23(31)18-9-11-19(12-10-18)26(3,4)5/h9-14,17,20-21H,15-16H2,1-8H3,(H,32,33)/p-1/t20-,21+,28-/m0/s1. The number of rotatable bonds is 6. The summed E-state index contributed by atoms with van der Waals surface area (Å²) in [5.74, 6) is -3.47. The lowest BCUT2D eigenvalue weighted by Gasteiger charge is -2.41. The van der Waals surface area contributed by atoms with Gasteiger partial charge >= 0.3 is 5.97 Å². The average molecular weight is 514 g/mol. The Bertz CT molecular complexity index is 1100. The van der Waals surface area contributed by atoms with Crippen LogP contribution in [-0.2, 0) is 19.7 Å². The van der Waals surface area contributed by atoms with E-state index in [1.807, 2.05) is 26.0 Å². The number of aliphatic carboxylic acids is 1. The highest BCUT2D eigenvalue weighted by atomic mass is 32.1. The number of amides is 1. The fourth-order valence-corrected chi connectivity index (χ4v) is 5.75. The van der Waals surface area contributed by atoms with Crippen LogP contribution >= 0.6 is 11.3 Å². The molecule has 1 fully saturated rings. The van der Waals surface area contributed by atoms with Crippen LogP contribution in [0.3, 0.4) is 0 Å². The van der Waals surface area contributed by atoms with Crippen LogP contribution in [0.5, 0.6) is 0 Å². The molecule has 1 amide bonds. The molecule has 0 bridgehead atoms. The van der Waals surface area contributed by atoms with E-state index in [1.54, 1.807) is 44.5 Å². The molecule has 0 spiro atoms. The van der Waals surface area contributed by atoms with Gasteiger partial charge in [-0.05, 0) is 62.6 Å².